The van der Waals surface area contributed by atoms with Crippen molar-refractivity contribution in [3.05, 3.63) is 23.8 Å². The number of carboxylic acid groups (broad SMARTS) is 1. The number of anilines is 2. The third kappa shape index (κ3) is 3.33. The van der Waals surface area contributed by atoms with Crippen molar-refractivity contribution in [2.75, 3.05) is 44.0 Å². The normalized spacial score (nSPS) is 18.0. The van der Waals surface area contributed by atoms with Crippen LogP contribution in [0.15, 0.2) is 18.2 Å². The number of hydrogen-bond donors (Lipinski definition) is 2. The average Bonchev–Trinajstić information content (AvgIpc) is 2.54. The first kappa shape index (κ1) is 15.4. The highest BCUT2D eigenvalue weighted by molar-refractivity contribution is 5.97. The number of nitrogen functional groups attached to an aromatic ring is 1. The molecule has 3 N–H and O–H groups in total. The molecule has 0 amide bonds. The molecule has 1 aromatic heterocycles. The number of carboxylic acids is 1. The Balaban J connectivity index is 1.96. The number of nitrogens with zero attached hydrogens (tertiary/aromatic N) is 3. The smallest absolute Gasteiger partial charge is 0.335 e. The Labute approximate surface area is 132 Å². The summed E-state index contributed by atoms with van der Waals surface area (Å²) < 4.78 is 11.0. The van der Waals surface area contributed by atoms with Crippen molar-refractivity contribution in [1.82, 2.24) is 9.97 Å². The Hall–Kier alpha value is -2.45. The number of aromatic carboxylic acids is 1. The summed E-state index contributed by atoms with van der Waals surface area (Å²) in [6.45, 7) is 2.24. The number of carbonyl (C=O) groups is 1. The fraction of sp³-hybridized carbons (Fsp3) is 0.400. The van der Waals surface area contributed by atoms with Crippen LogP contribution in [-0.4, -0.2) is 60.6 Å². The molecule has 0 radical (unpaired) electrons. The highest BCUT2D eigenvalue weighted by atomic mass is 16.6. The summed E-state index contributed by atoms with van der Waals surface area (Å²) in [5, 5.41) is 9.81. The van der Waals surface area contributed by atoms with Gasteiger partial charge in [0.1, 0.15) is 5.82 Å². The fourth-order valence-corrected chi connectivity index (χ4v) is 2.59. The van der Waals surface area contributed by atoms with Crippen molar-refractivity contribution in [3.8, 4) is 0 Å². The molecule has 1 aliphatic heterocycles. The first-order valence-corrected chi connectivity index (χ1v) is 7.25. The number of likely N-dealkylation sites (N-methyl/N-ethyl adjacent to an activating group) is 1. The summed E-state index contributed by atoms with van der Waals surface area (Å²) in [6, 6.07) is 4.69. The summed E-state index contributed by atoms with van der Waals surface area (Å²) in [5.41, 5.74) is 6.55. The molecule has 2 aromatic rings. The molecule has 8 heteroatoms. The second kappa shape index (κ2) is 6.35. The van der Waals surface area contributed by atoms with Crippen LogP contribution >= 0.6 is 0 Å². The molecule has 3 rings (SSSR count). The molecular formula is C15H18N4O4. The van der Waals surface area contributed by atoms with E-state index in [4.69, 9.17) is 15.2 Å². The summed E-state index contributed by atoms with van der Waals surface area (Å²) >= 11 is 0. The lowest BCUT2D eigenvalue weighted by Crippen LogP contribution is -2.38. The quantitative estimate of drug-likeness (QED) is 0.850. The third-order valence-electron chi connectivity index (χ3n) is 3.66. The van der Waals surface area contributed by atoms with Gasteiger partial charge in [0, 0.05) is 19.0 Å². The number of rotatable bonds is 4. The summed E-state index contributed by atoms with van der Waals surface area (Å²) in [7, 11) is 1.85. The maximum atomic E-state index is 11.2. The Morgan fingerprint density at radius 2 is 2.26 bits per heavy atom. The van der Waals surface area contributed by atoms with E-state index in [1.54, 1.807) is 12.1 Å². The topological polar surface area (TPSA) is 111 Å². The lowest BCUT2D eigenvalue weighted by molar-refractivity contribution is -0.0837. The number of fused-ring (bicyclic) bond motifs is 1. The number of ether oxygens (including phenoxy) is 2. The predicted octanol–water partition coefficient (Wildman–Crippen LogP) is 0.762. The van der Waals surface area contributed by atoms with Gasteiger partial charge in [-0.05, 0) is 18.2 Å². The third-order valence-corrected chi connectivity index (χ3v) is 3.66. The largest absolute Gasteiger partial charge is 0.478 e. The fourth-order valence-electron chi connectivity index (χ4n) is 2.59. The first-order valence-electron chi connectivity index (χ1n) is 7.25. The van der Waals surface area contributed by atoms with Gasteiger partial charge in [0.15, 0.2) is 0 Å². The molecule has 122 valence electrons. The van der Waals surface area contributed by atoms with Crippen LogP contribution in [0.25, 0.3) is 10.9 Å². The predicted molar refractivity (Wildman–Crippen MR) is 84.7 cm³/mol. The van der Waals surface area contributed by atoms with Gasteiger partial charge >= 0.3 is 5.97 Å². The number of aromatic nitrogens is 2. The minimum Gasteiger partial charge on any atom is -0.478 e. The van der Waals surface area contributed by atoms with Crippen molar-refractivity contribution in [2.24, 2.45) is 0 Å². The van der Waals surface area contributed by atoms with E-state index in [1.165, 1.54) is 6.07 Å². The summed E-state index contributed by atoms with van der Waals surface area (Å²) in [4.78, 5) is 21.5. The molecule has 8 nitrogen and oxygen atoms in total. The molecule has 0 aliphatic carbocycles. The maximum absolute atomic E-state index is 11.2. The summed E-state index contributed by atoms with van der Waals surface area (Å²) in [6.07, 6.45) is -0.0670. The van der Waals surface area contributed by atoms with Crippen molar-refractivity contribution in [3.63, 3.8) is 0 Å². The van der Waals surface area contributed by atoms with Gasteiger partial charge in [0.25, 0.3) is 0 Å². The molecule has 0 spiro atoms. The van der Waals surface area contributed by atoms with Crippen molar-refractivity contribution in [1.29, 1.82) is 0 Å². The van der Waals surface area contributed by atoms with Gasteiger partial charge in [-0.2, -0.15) is 4.98 Å². The Morgan fingerprint density at radius 1 is 1.43 bits per heavy atom. The zero-order valence-electron chi connectivity index (χ0n) is 12.7. The minimum absolute atomic E-state index is 0.0670. The Morgan fingerprint density at radius 3 is 2.96 bits per heavy atom. The van der Waals surface area contributed by atoms with Crippen LogP contribution in [0.2, 0.25) is 0 Å². The van der Waals surface area contributed by atoms with Crippen molar-refractivity contribution >= 4 is 28.6 Å². The monoisotopic (exact) mass is 318 g/mol. The molecule has 0 saturated carbocycles. The average molecular weight is 318 g/mol. The SMILES string of the molecule is CN(C[C@H]1COCCO1)c1nc(N)nc2ccc(C(=O)O)cc12. The van der Waals surface area contributed by atoms with E-state index in [2.05, 4.69) is 9.97 Å². The second-order valence-electron chi connectivity index (χ2n) is 5.39. The zero-order valence-corrected chi connectivity index (χ0v) is 12.7. The van der Waals surface area contributed by atoms with Crippen LogP contribution in [0, 0.1) is 0 Å². The lowest BCUT2D eigenvalue weighted by Gasteiger charge is -2.28. The molecule has 2 heterocycles. The van der Waals surface area contributed by atoms with Gasteiger partial charge in [-0.15, -0.1) is 0 Å². The molecule has 0 unspecified atom stereocenters. The van der Waals surface area contributed by atoms with Crippen LogP contribution < -0.4 is 10.6 Å². The first-order chi connectivity index (χ1) is 11.0. The molecule has 1 fully saturated rings. The van der Waals surface area contributed by atoms with E-state index in [0.717, 1.165) is 0 Å². The molecule has 0 bridgehead atoms. The van der Waals surface area contributed by atoms with Crippen LogP contribution in [0.4, 0.5) is 11.8 Å². The van der Waals surface area contributed by atoms with Gasteiger partial charge in [0.05, 0.1) is 37.0 Å². The van der Waals surface area contributed by atoms with Crippen molar-refractivity contribution in [2.45, 2.75) is 6.10 Å². The Bertz CT molecular complexity index is 731. The van der Waals surface area contributed by atoms with E-state index < -0.39 is 5.97 Å². The zero-order chi connectivity index (χ0) is 16.4. The van der Waals surface area contributed by atoms with Gasteiger partial charge in [-0.1, -0.05) is 0 Å². The van der Waals surface area contributed by atoms with Gasteiger partial charge in [-0.25, -0.2) is 9.78 Å². The lowest BCUT2D eigenvalue weighted by atomic mass is 10.1. The van der Waals surface area contributed by atoms with Crippen LogP contribution in [0.5, 0.6) is 0 Å². The second-order valence-corrected chi connectivity index (χ2v) is 5.39. The molecule has 23 heavy (non-hydrogen) atoms. The standard InChI is InChI=1S/C15H18N4O4/c1-19(7-10-8-22-4-5-23-10)13-11-6-9(14(20)21)2-3-12(11)17-15(16)18-13/h2-3,6,10H,4-5,7-8H2,1H3,(H,20,21)(H2,16,17,18)/t10-/m0/s1. The molecular weight excluding hydrogens is 300 g/mol. The highest BCUT2D eigenvalue weighted by Crippen LogP contribution is 2.25. The van der Waals surface area contributed by atoms with E-state index in [9.17, 15) is 9.90 Å². The van der Waals surface area contributed by atoms with Crippen LogP contribution in [-0.2, 0) is 9.47 Å². The molecule has 1 atom stereocenters. The highest BCUT2D eigenvalue weighted by Gasteiger charge is 2.19. The van der Waals surface area contributed by atoms with E-state index >= 15 is 0 Å². The van der Waals surface area contributed by atoms with Gasteiger partial charge < -0.3 is 25.2 Å². The molecule has 1 aliphatic rings. The minimum atomic E-state index is -0.999. The van der Waals surface area contributed by atoms with Crippen molar-refractivity contribution < 1.29 is 19.4 Å². The van der Waals surface area contributed by atoms with E-state index in [-0.39, 0.29) is 17.6 Å². The molecule has 1 aromatic carbocycles. The van der Waals surface area contributed by atoms with Gasteiger partial charge in [0.2, 0.25) is 5.95 Å². The Kier molecular flexibility index (Phi) is 4.26. The van der Waals surface area contributed by atoms with E-state index in [0.29, 0.717) is 43.1 Å². The van der Waals surface area contributed by atoms with Crippen LogP contribution in [0.1, 0.15) is 10.4 Å². The van der Waals surface area contributed by atoms with Crippen LogP contribution in [0.3, 0.4) is 0 Å². The molecule has 1 saturated heterocycles. The maximum Gasteiger partial charge on any atom is 0.335 e. The summed E-state index contributed by atoms with van der Waals surface area (Å²) in [5.74, 6) is -0.283. The number of benzene rings is 1. The number of nitrogens with two attached hydrogens (primary N) is 1. The number of hydrogen-bond acceptors (Lipinski definition) is 7. The van der Waals surface area contributed by atoms with Gasteiger partial charge in [-0.3, -0.25) is 0 Å². The van der Waals surface area contributed by atoms with E-state index in [1.807, 2.05) is 11.9 Å².